The number of carbonyl (C=O) groups is 3. The number of carbonyl (C=O) groups excluding carboxylic acids is 3. The van der Waals surface area contributed by atoms with Crippen LogP contribution < -0.4 is 11.5 Å². The van der Waals surface area contributed by atoms with Gasteiger partial charge in [0.1, 0.15) is 6.04 Å². The summed E-state index contributed by atoms with van der Waals surface area (Å²) in [5.41, 5.74) is 10.7. The maximum Gasteiger partial charge on any atom is 0.328 e. The number of likely N-dealkylation sites (tertiary alicyclic amines) is 1. The van der Waals surface area contributed by atoms with Crippen molar-refractivity contribution in [2.75, 3.05) is 13.7 Å². The first-order chi connectivity index (χ1) is 8.47. The topological polar surface area (TPSA) is 116 Å². The van der Waals surface area contributed by atoms with Gasteiger partial charge in [0.05, 0.1) is 13.2 Å². The van der Waals surface area contributed by atoms with Crippen molar-refractivity contribution in [3.05, 3.63) is 0 Å². The molecule has 1 fully saturated rings. The molecule has 0 radical (unpaired) electrons. The second kappa shape index (κ2) is 6.34. The van der Waals surface area contributed by atoms with E-state index in [9.17, 15) is 14.4 Å². The van der Waals surface area contributed by atoms with E-state index in [2.05, 4.69) is 4.74 Å². The van der Waals surface area contributed by atoms with Crippen molar-refractivity contribution in [1.82, 2.24) is 4.90 Å². The van der Waals surface area contributed by atoms with Gasteiger partial charge in [0.2, 0.25) is 11.8 Å². The van der Waals surface area contributed by atoms with Crippen molar-refractivity contribution in [2.24, 2.45) is 11.5 Å². The van der Waals surface area contributed by atoms with Crippen LogP contribution in [-0.2, 0) is 19.1 Å². The number of hydrogen-bond donors (Lipinski definition) is 2. The fourth-order valence-corrected chi connectivity index (χ4v) is 2.05. The molecule has 0 aromatic rings. The standard InChI is InChI=1S/C11H19N3O4/c1-18-11(17)8-3-2-6-14(8)10(16)7(12)4-5-9(13)15/h7-8H,2-6,12H2,1H3,(H2,13,15)/t7-,8-/m0/s1. The summed E-state index contributed by atoms with van der Waals surface area (Å²) < 4.78 is 4.64. The third kappa shape index (κ3) is 3.43. The highest BCUT2D eigenvalue weighted by molar-refractivity contribution is 5.88. The lowest BCUT2D eigenvalue weighted by Gasteiger charge is -2.25. The molecule has 7 nitrogen and oxygen atoms in total. The van der Waals surface area contributed by atoms with Gasteiger partial charge >= 0.3 is 5.97 Å². The summed E-state index contributed by atoms with van der Waals surface area (Å²) in [5.74, 6) is -1.25. The van der Waals surface area contributed by atoms with Crippen molar-refractivity contribution in [2.45, 2.75) is 37.8 Å². The molecule has 1 aliphatic rings. The summed E-state index contributed by atoms with van der Waals surface area (Å²) in [4.78, 5) is 35.6. The summed E-state index contributed by atoms with van der Waals surface area (Å²) in [6, 6.07) is -1.36. The molecule has 1 rings (SSSR count). The fourth-order valence-electron chi connectivity index (χ4n) is 2.05. The first kappa shape index (κ1) is 14.4. The van der Waals surface area contributed by atoms with Crippen LogP contribution in [0.15, 0.2) is 0 Å². The van der Waals surface area contributed by atoms with Gasteiger partial charge in [-0.1, -0.05) is 0 Å². The van der Waals surface area contributed by atoms with Crippen LogP contribution in [0.1, 0.15) is 25.7 Å². The minimum Gasteiger partial charge on any atom is -0.467 e. The van der Waals surface area contributed by atoms with Gasteiger partial charge in [0.25, 0.3) is 0 Å². The van der Waals surface area contributed by atoms with Crippen molar-refractivity contribution in [1.29, 1.82) is 0 Å². The van der Waals surface area contributed by atoms with E-state index in [1.54, 1.807) is 0 Å². The average molecular weight is 257 g/mol. The van der Waals surface area contributed by atoms with Gasteiger partial charge in [-0.3, -0.25) is 9.59 Å². The molecule has 0 saturated carbocycles. The molecule has 2 amide bonds. The summed E-state index contributed by atoms with van der Waals surface area (Å²) in [5, 5.41) is 0. The Balaban J connectivity index is 2.59. The Labute approximate surface area is 105 Å². The number of hydrogen-bond acceptors (Lipinski definition) is 5. The number of esters is 1. The predicted molar refractivity (Wildman–Crippen MR) is 63.2 cm³/mol. The van der Waals surface area contributed by atoms with Gasteiger partial charge in [-0.15, -0.1) is 0 Å². The molecule has 18 heavy (non-hydrogen) atoms. The van der Waals surface area contributed by atoms with Crippen LogP contribution >= 0.6 is 0 Å². The zero-order valence-electron chi connectivity index (χ0n) is 10.4. The summed E-state index contributed by atoms with van der Waals surface area (Å²) >= 11 is 0. The molecule has 0 aromatic carbocycles. The van der Waals surface area contributed by atoms with Crippen LogP contribution in [0.4, 0.5) is 0 Å². The van der Waals surface area contributed by atoms with E-state index >= 15 is 0 Å². The van der Waals surface area contributed by atoms with E-state index in [0.29, 0.717) is 13.0 Å². The molecule has 102 valence electrons. The normalized spacial score (nSPS) is 20.6. The molecule has 7 heteroatoms. The highest BCUT2D eigenvalue weighted by Gasteiger charge is 2.36. The van der Waals surface area contributed by atoms with Crippen LogP contribution in [0, 0.1) is 0 Å². The van der Waals surface area contributed by atoms with E-state index in [1.165, 1.54) is 12.0 Å². The Morgan fingerprint density at radius 1 is 1.44 bits per heavy atom. The Bertz CT molecular complexity index is 345. The van der Waals surface area contributed by atoms with Crippen molar-refractivity contribution >= 4 is 17.8 Å². The third-order valence-electron chi connectivity index (χ3n) is 3.03. The van der Waals surface area contributed by atoms with E-state index < -0.39 is 24.0 Å². The molecule has 0 aliphatic carbocycles. The van der Waals surface area contributed by atoms with Gasteiger partial charge in [-0.2, -0.15) is 0 Å². The summed E-state index contributed by atoms with van der Waals surface area (Å²) in [6.45, 7) is 0.489. The second-order valence-corrected chi connectivity index (χ2v) is 4.32. The van der Waals surface area contributed by atoms with Crippen LogP contribution in [0.2, 0.25) is 0 Å². The van der Waals surface area contributed by atoms with E-state index in [0.717, 1.165) is 6.42 Å². The number of methoxy groups -OCH3 is 1. The maximum absolute atomic E-state index is 12.0. The fraction of sp³-hybridized carbons (Fsp3) is 0.727. The molecule has 0 spiro atoms. The highest BCUT2D eigenvalue weighted by atomic mass is 16.5. The zero-order valence-corrected chi connectivity index (χ0v) is 10.4. The van der Waals surface area contributed by atoms with Gasteiger partial charge in [0.15, 0.2) is 0 Å². The Hall–Kier alpha value is -1.63. The average Bonchev–Trinajstić information content (AvgIpc) is 2.82. The molecular weight excluding hydrogens is 238 g/mol. The lowest BCUT2D eigenvalue weighted by Crippen LogP contribution is -2.49. The number of rotatable bonds is 5. The Morgan fingerprint density at radius 3 is 2.67 bits per heavy atom. The van der Waals surface area contributed by atoms with Crippen molar-refractivity contribution in [3.8, 4) is 0 Å². The molecule has 1 aliphatic heterocycles. The lowest BCUT2D eigenvalue weighted by molar-refractivity contribution is -0.151. The van der Waals surface area contributed by atoms with Crippen LogP contribution in [-0.4, -0.2) is 48.4 Å². The zero-order chi connectivity index (χ0) is 13.7. The lowest BCUT2D eigenvalue weighted by atomic mass is 10.1. The molecule has 0 unspecified atom stereocenters. The monoisotopic (exact) mass is 257 g/mol. The van der Waals surface area contributed by atoms with Crippen LogP contribution in [0.5, 0.6) is 0 Å². The molecular formula is C11H19N3O4. The quantitative estimate of drug-likeness (QED) is 0.596. The van der Waals surface area contributed by atoms with Crippen LogP contribution in [0.25, 0.3) is 0 Å². The van der Waals surface area contributed by atoms with Crippen molar-refractivity contribution < 1.29 is 19.1 Å². The van der Waals surface area contributed by atoms with Gasteiger partial charge in [-0.05, 0) is 19.3 Å². The number of ether oxygens (including phenoxy) is 1. The Morgan fingerprint density at radius 2 is 2.11 bits per heavy atom. The maximum atomic E-state index is 12.0. The largest absolute Gasteiger partial charge is 0.467 e. The molecule has 1 heterocycles. The SMILES string of the molecule is COC(=O)[C@@H]1CCCN1C(=O)[C@@H](N)CCC(N)=O. The number of primary amides is 1. The van der Waals surface area contributed by atoms with E-state index in [4.69, 9.17) is 11.5 Å². The third-order valence-corrected chi connectivity index (χ3v) is 3.03. The molecule has 0 bridgehead atoms. The van der Waals surface area contributed by atoms with Gasteiger partial charge < -0.3 is 21.1 Å². The second-order valence-electron chi connectivity index (χ2n) is 4.32. The minimum atomic E-state index is -0.803. The van der Waals surface area contributed by atoms with E-state index in [1.807, 2.05) is 0 Å². The molecule has 0 aromatic heterocycles. The smallest absolute Gasteiger partial charge is 0.328 e. The highest BCUT2D eigenvalue weighted by Crippen LogP contribution is 2.19. The molecule has 2 atom stereocenters. The number of nitrogens with two attached hydrogens (primary N) is 2. The first-order valence-corrected chi connectivity index (χ1v) is 5.89. The molecule has 1 saturated heterocycles. The summed E-state index contributed by atoms with van der Waals surface area (Å²) in [7, 11) is 1.29. The summed E-state index contributed by atoms with van der Waals surface area (Å²) in [6.07, 6.45) is 1.58. The van der Waals surface area contributed by atoms with E-state index in [-0.39, 0.29) is 18.7 Å². The number of nitrogens with zero attached hydrogens (tertiary/aromatic N) is 1. The van der Waals surface area contributed by atoms with Crippen molar-refractivity contribution in [3.63, 3.8) is 0 Å². The molecule has 4 N–H and O–H groups in total. The Kier molecular flexibility index (Phi) is 5.08. The number of amides is 2. The minimum absolute atomic E-state index is 0.0592. The van der Waals surface area contributed by atoms with Crippen LogP contribution in [0.3, 0.4) is 0 Å². The van der Waals surface area contributed by atoms with Gasteiger partial charge in [0, 0.05) is 13.0 Å². The predicted octanol–water partition coefficient (Wildman–Crippen LogP) is -1.26. The first-order valence-electron chi connectivity index (χ1n) is 5.89. The van der Waals surface area contributed by atoms with Gasteiger partial charge in [-0.25, -0.2) is 4.79 Å².